The SMILES string of the molecule is Cc1cnc(CN2Cc3cccc(N)c3C2)o1. The summed E-state index contributed by atoms with van der Waals surface area (Å²) in [5, 5.41) is 0. The van der Waals surface area contributed by atoms with E-state index < -0.39 is 0 Å². The van der Waals surface area contributed by atoms with E-state index in [0.29, 0.717) is 0 Å². The highest BCUT2D eigenvalue weighted by Crippen LogP contribution is 2.28. The van der Waals surface area contributed by atoms with Gasteiger partial charge in [-0.25, -0.2) is 4.98 Å². The van der Waals surface area contributed by atoms with Crippen molar-refractivity contribution in [2.75, 3.05) is 5.73 Å². The summed E-state index contributed by atoms with van der Waals surface area (Å²) in [4.78, 5) is 6.51. The molecule has 1 aliphatic rings. The largest absolute Gasteiger partial charge is 0.445 e. The number of hydrogen-bond donors (Lipinski definition) is 1. The number of anilines is 1. The highest BCUT2D eigenvalue weighted by Gasteiger charge is 2.21. The predicted molar refractivity (Wildman–Crippen MR) is 65.0 cm³/mol. The Hall–Kier alpha value is -1.81. The number of rotatable bonds is 2. The minimum absolute atomic E-state index is 0.738. The minimum Gasteiger partial charge on any atom is -0.445 e. The van der Waals surface area contributed by atoms with Crippen molar-refractivity contribution >= 4 is 5.69 Å². The molecule has 1 aliphatic heterocycles. The fraction of sp³-hybridized carbons (Fsp3) is 0.308. The second-order valence-electron chi connectivity index (χ2n) is 4.49. The van der Waals surface area contributed by atoms with Gasteiger partial charge in [0.2, 0.25) is 5.89 Å². The smallest absolute Gasteiger partial charge is 0.208 e. The number of aromatic nitrogens is 1. The molecule has 3 rings (SSSR count). The number of nitrogen functional groups attached to an aromatic ring is 1. The van der Waals surface area contributed by atoms with E-state index in [1.807, 2.05) is 19.1 Å². The van der Waals surface area contributed by atoms with Gasteiger partial charge in [-0.05, 0) is 24.1 Å². The Morgan fingerprint density at radius 3 is 3.00 bits per heavy atom. The zero-order valence-electron chi connectivity index (χ0n) is 9.81. The van der Waals surface area contributed by atoms with Gasteiger partial charge in [0.1, 0.15) is 5.76 Å². The lowest BCUT2D eigenvalue weighted by Gasteiger charge is -2.11. The van der Waals surface area contributed by atoms with Gasteiger partial charge in [-0.2, -0.15) is 0 Å². The Labute approximate surface area is 100 Å². The quantitative estimate of drug-likeness (QED) is 0.801. The predicted octanol–water partition coefficient (Wildman–Crippen LogP) is 2.08. The third kappa shape index (κ3) is 1.91. The molecule has 2 heterocycles. The summed E-state index contributed by atoms with van der Waals surface area (Å²) in [6.45, 7) is 4.44. The standard InChI is InChI=1S/C13H15N3O/c1-9-5-15-13(17-9)8-16-6-10-3-2-4-12(14)11(10)7-16/h2-5H,6-8,14H2,1H3. The number of nitrogens with zero attached hydrogens (tertiary/aromatic N) is 2. The van der Waals surface area contributed by atoms with Gasteiger partial charge in [0.25, 0.3) is 0 Å². The molecule has 0 saturated carbocycles. The molecule has 0 aliphatic carbocycles. The van der Waals surface area contributed by atoms with Crippen molar-refractivity contribution in [1.29, 1.82) is 0 Å². The first-order chi connectivity index (χ1) is 8.22. The van der Waals surface area contributed by atoms with E-state index in [1.54, 1.807) is 6.20 Å². The van der Waals surface area contributed by atoms with Gasteiger partial charge in [0, 0.05) is 18.8 Å². The summed E-state index contributed by atoms with van der Waals surface area (Å²) in [5.74, 6) is 1.63. The Morgan fingerprint density at radius 2 is 2.29 bits per heavy atom. The second-order valence-corrected chi connectivity index (χ2v) is 4.49. The summed E-state index contributed by atoms with van der Waals surface area (Å²) in [6.07, 6.45) is 1.76. The second kappa shape index (κ2) is 3.89. The Bertz CT molecular complexity index is 547. The van der Waals surface area contributed by atoms with Crippen LogP contribution in [0.3, 0.4) is 0 Å². The van der Waals surface area contributed by atoms with Crippen LogP contribution >= 0.6 is 0 Å². The van der Waals surface area contributed by atoms with Gasteiger partial charge in [-0.1, -0.05) is 12.1 Å². The lowest BCUT2D eigenvalue weighted by atomic mass is 10.1. The van der Waals surface area contributed by atoms with Gasteiger partial charge in [-0.15, -0.1) is 0 Å². The van der Waals surface area contributed by atoms with Gasteiger partial charge >= 0.3 is 0 Å². The van der Waals surface area contributed by atoms with Crippen molar-refractivity contribution < 1.29 is 4.42 Å². The molecular weight excluding hydrogens is 214 g/mol. The van der Waals surface area contributed by atoms with Crippen LogP contribution in [-0.2, 0) is 19.6 Å². The van der Waals surface area contributed by atoms with Crippen molar-refractivity contribution in [3.05, 3.63) is 47.2 Å². The lowest BCUT2D eigenvalue weighted by Crippen LogP contribution is -2.15. The molecule has 0 saturated heterocycles. The van der Waals surface area contributed by atoms with E-state index in [-0.39, 0.29) is 0 Å². The van der Waals surface area contributed by atoms with Crippen LogP contribution < -0.4 is 5.73 Å². The van der Waals surface area contributed by atoms with Crippen molar-refractivity contribution in [2.24, 2.45) is 0 Å². The molecule has 2 aromatic rings. The molecule has 0 amide bonds. The van der Waals surface area contributed by atoms with Crippen LogP contribution in [0.4, 0.5) is 5.69 Å². The van der Waals surface area contributed by atoms with Crippen LogP contribution in [-0.4, -0.2) is 9.88 Å². The lowest BCUT2D eigenvalue weighted by molar-refractivity contribution is 0.244. The molecular formula is C13H15N3O. The summed E-state index contributed by atoms with van der Waals surface area (Å²) in [5.41, 5.74) is 9.41. The van der Waals surface area contributed by atoms with Crippen LogP contribution in [0.25, 0.3) is 0 Å². The highest BCUT2D eigenvalue weighted by atomic mass is 16.4. The normalized spacial score (nSPS) is 15.1. The summed E-state index contributed by atoms with van der Waals surface area (Å²) < 4.78 is 5.49. The van der Waals surface area contributed by atoms with Crippen LogP contribution in [0.5, 0.6) is 0 Å². The third-order valence-electron chi connectivity index (χ3n) is 3.11. The molecule has 88 valence electrons. The van der Waals surface area contributed by atoms with E-state index in [1.165, 1.54) is 11.1 Å². The summed E-state index contributed by atoms with van der Waals surface area (Å²) in [7, 11) is 0. The van der Waals surface area contributed by atoms with Crippen molar-refractivity contribution in [3.63, 3.8) is 0 Å². The van der Waals surface area contributed by atoms with Crippen LogP contribution in [0.15, 0.2) is 28.8 Å². The number of aryl methyl sites for hydroxylation is 1. The topological polar surface area (TPSA) is 55.3 Å². The van der Waals surface area contributed by atoms with Crippen molar-refractivity contribution in [2.45, 2.75) is 26.6 Å². The number of fused-ring (bicyclic) bond motifs is 1. The van der Waals surface area contributed by atoms with E-state index in [2.05, 4.69) is 16.0 Å². The Kier molecular flexibility index (Phi) is 2.37. The maximum atomic E-state index is 5.97. The number of oxazole rings is 1. The average molecular weight is 229 g/mol. The van der Waals surface area contributed by atoms with E-state index >= 15 is 0 Å². The molecule has 1 aromatic heterocycles. The fourth-order valence-corrected chi connectivity index (χ4v) is 2.29. The third-order valence-corrected chi connectivity index (χ3v) is 3.11. The molecule has 4 nitrogen and oxygen atoms in total. The maximum absolute atomic E-state index is 5.97. The molecule has 17 heavy (non-hydrogen) atoms. The molecule has 0 spiro atoms. The van der Waals surface area contributed by atoms with E-state index in [0.717, 1.165) is 37.0 Å². The molecule has 0 atom stereocenters. The molecule has 0 radical (unpaired) electrons. The van der Waals surface area contributed by atoms with Crippen molar-refractivity contribution in [1.82, 2.24) is 9.88 Å². The Morgan fingerprint density at radius 1 is 1.41 bits per heavy atom. The van der Waals surface area contributed by atoms with Gasteiger partial charge < -0.3 is 10.2 Å². The minimum atomic E-state index is 0.738. The monoisotopic (exact) mass is 229 g/mol. The Balaban J connectivity index is 1.76. The number of hydrogen-bond acceptors (Lipinski definition) is 4. The van der Waals surface area contributed by atoms with Crippen LogP contribution in [0.1, 0.15) is 22.8 Å². The molecule has 0 unspecified atom stereocenters. The zero-order valence-corrected chi connectivity index (χ0v) is 9.81. The summed E-state index contributed by atoms with van der Waals surface area (Å²) in [6, 6.07) is 6.09. The first kappa shape index (κ1) is 10.4. The first-order valence-electron chi connectivity index (χ1n) is 5.72. The zero-order chi connectivity index (χ0) is 11.8. The fourth-order valence-electron chi connectivity index (χ4n) is 2.29. The van der Waals surface area contributed by atoms with Crippen LogP contribution in [0, 0.1) is 6.92 Å². The molecule has 4 heteroatoms. The number of benzene rings is 1. The van der Waals surface area contributed by atoms with Crippen LogP contribution in [0.2, 0.25) is 0 Å². The van der Waals surface area contributed by atoms with Gasteiger partial charge in [0.15, 0.2) is 0 Å². The number of nitrogens with two attached hydrogens (primary N) is 1. The van der Waals surface area contributed by atoms with E-state index in [9.17, 15) is 0 Å². The molecule has 1 aromatic carbocycles. The maximum Gasteiger partial charge on any atom is 0.208 e. The summed E-state index contributed by atoms with van der Waals surface area (Å²) >= 11 is 0. The van der Waals surface area contributed by atoms with Gasteiger partial charge in [0.05, 0.1) is 12.7 Å². The average Bonchev–Trinajstić information content (AvgIpc) is 2.86. The molecule has 0 fully saturated rings. The molecule has 0 bridgehead atoms. The molecule has 2 N–H and O–H groups in total. The van der Waals surface area contributed by atoms with Crippen molar-refractivity contribution in [3.8, 4) is 0 Å². The first-order valence-corrected chi connectivity index (χ1v) is 5.72. The van der Waals surface area contributed by atoms with E-state index in [4.69, 9.17) is 10.2 Å². The highest BCUT2D eigenvalue weighted by molar-refractivity contribution is 5.52. The van der Waals surface area contributed by atoms with Gasteiger partial charge in [-0.3, -0.25) is 4.90 Å².